The minimum Gasteiger partial charge on any atom is -0.373 e. The van der Waals surface area contributed by atoms with E-state index >= 15 is 0 Å². The maximum absolute atomic E-state index is 12.7. The molecule has 0 aromatic heterocycles. The summed E-state index contributed by atoms with van der Waals surface area (Å²) in [6.07, 6.45) is 3.50. The molecule has 2 amide bonds. The molecule has 1 aliphatic carbocycles. The van der Waals surface area contributed by atoms with Gasteiger partial charge in [0, 0.05) is 24.4 Å². The van der Waals surface area contributed by atoms with Gasteiger partial charge in [0.1, 0.15) is 6.23 Å². The van der Waals surface area contributed by atoms with Crippen molar-refractivity contribution in [2.45, 2.75) is 90.7 Å². The number of nitrogens with one attached hydrogen (secondary N) is 1. The van der Waals surface area contributed by atoms with E-state index in [0.29, 0.717) is 18.9 Å². The predicted molar refractivity (Wildman–Crippen MR) is 111 cm³/mol. The molecule has 2 aliphatic rings. The lowest BCUT2D eigenvalue weighted by atomic mass is 9.81. The zero-order valence-corrected chi connectivity index (χ0v) is 18.7. The fourth-order valence-electron chi connectivity index (χ4n) is 3.81. The Balaban J connectivity index is 1.81. The zero-order valence-electron chi connectivity index (χ0n) is 17.9. The summed E-state index contributed by atoms with van der Waals surface area (Å²) in [5, 5.41) is 13.3. The van der Waals surface area contributed by atoms with Crippen molar-refractivity contribution in [3.63, 3.8) is 0 Å². The third kappa shape index (κ3) is 6.97. The number of aliphatic hydroxyl groups is 1. The van der Waals surface area contributed by atoms with E-state index in [0.717, 1.165) is 31.4 Å². The number of thioether (sulfide) groups is 1. The van der Waals surface area contributed by atoms with Gasteiger partial charge in [0.2, 0.25) is 11.8 Å². The molecular formula is C21H38N2O3S. The van der Waals surface area contributed by atoms with Crippen LogP contribution in [0.2, 0.25) is 0 Å². The molecule has 2 N–H and O–H groups in total. The molecule has 2 unspecified atom stereocenters. The fourth-order valence-corrected chi connectivity index (χ4v) is 5.10. The van der Waals surface area contributed by atoms with E-state index in [1.165, 1.54) is 0 Å². The number of carbonyl (C=O) groups excluding carboxylic acids is 2. The van der Waals surface area contributed by atoms with Gasteiger partial charge in [0.05, 0.1) is 5.25 Å². The van der Waals surface area contributed by atoms with Gasteiger partial charge in [-0.1, -0.05) is 20.8 Å². The van der Waals surface area contributed by atoms with Crippen LogP contribution in [-0.2, 0) is 9.59 Å². The lowest BCUT2D eigenvalue weighted by Crippen LogP contribution is -2.45. The van der Waals surface area contributed by atoms with E-state index in [4.69, 9.17) is 0 Å². The third-order valence-electron chi connectivity index (χ3n) is 5.23. The molecule has 2 atom stereocenters. The summed E-state index contributed by atoms with van der Waals surface area (Å²) >= 11 is 1.67. The average Bonchev–Trinajstić information content (AvgIpc) is 2.79. The van der Waals surface area contributed by atoms with Crippen molar-refractivity contribution >= 4 is 23.6 Å². The van der Waals surface area contributed by atoms with Crippen molar-refractivity contribution in [2.75, 3.05) is 12.3 Å². The standard InChI is InChI=1S/C21H38N2O3S/c1-20(2,3)13-27-16-11-17(24)23(19(16)26)12-14-7-9-15(10-8-14)18(25)22-21(4,5)6/h14-17,24H,7-13H2,1-6H3,(H,22,25). The number of carbonyl (C=O) groups is 2. The van der Waals surface area contributed by atoms with E-state index in [1.54, 1.807) is 16.7 Å². The average molecular weight is 399 g/mol. The normalized spacial score (nSPS) is 29.9. The minimum absolute atomic E-state index is 0.0785. The van der Waals surface area contributed by atoms with Gasteiger partial charge in [-0.25, -0.2) is 0 Å². The molecule has 0 bridgehead atoms. The predicted octanol–water partition coefficient (Wildman–Crippen LogP) is 3.41. The molecule has 5 nitrogen and oxygen atoms in total. The molecule has 0 aromatic carbocycles. The van der Waals surface area contributed by atoms with Crippen molar-refractivity contribution in [2.24, 2.45) is 17.3 Å². The maximum atomic E-state index is 12.7. The second kappa shape index (κ2) is 8.73. The van der Waals surface area contributed by atoms with Crippen LogP contribution in [0.4, 0.5) is 0 Å². The van der Waals surface area contributed by atoms with Crippen LogP contribution >= 0.6 is 11.8 Å². The first-order chi connectivity index (χ1) is 12.4. The van der Waals surface area contributed by atoms with Crippen molar-refractivity contribution in [1.82, 2.24) is 10.2 Å². The SMILES string of the molecule is CC(C)(C)CSC1CC(O)N(CC2CCC(C(=O)NC(C)(C)C)CC2)C1=O. The third-order valence-corrected chi connectivity index (χ3v) is 7.06. The van der Waals surface area contributed by atoms with Gasteiger partial charge in [-0.05, 0) is 63.5 Å². The summed E-state index contributed by atoms with van der Waals surface area (Å²) in [6.45, 7) is 13.1. The van der Waals surface area contributed by atoms with Crippen LogP contribution in [0.1, 0.15) is 73.6 Å². The molecule has 27 heavy (non-hydrogen) atoms. The van der Waals surface area contributed by atoms with Crippen LogP contribution in [0, 0.1) is 17.3 Å². The molecule has 0 spiro atoms. The number of aliphatic hydroxyl groups excluding tert-OH is 1. The number of rotatable bonds is 5. The topological polar surface area (TPSA) is 69.6 Å². The van der Waals surface area contributed by atoms with Crippen molar-refractivity contribution in [3.8, 4) is 0 Å². The number of nitrogens with zero attached hydrogens (tertiary/aromatic N) is 1. The van der Waals surface area contributed by atoms with Gasteiger partial charge in [-0.3, -0.25) is 9.59 Å². The summed E-state index contributed by atoms with van der Waals surface area (Å²) < 4.78 is 0. The van der Waals surface area contributed by atoms with E-state index < -0.39 is 6.23 Å². The van der Waals surface area contributed by atoms with Crippen molar-refractivity contribution in [1.29, 1.82) is 0 Å². The molecule has 1 aliphatic heterocycles. The maximum Gasteiger partial charge on any atom is 0.237 e. The highest BCUT2D eigenvalue weighted by Gasteiger charge is 2.40. The summed E-state index contributed by atoms with van der Waals surface area (Å²) in [7, 11) is 0. The lowest BCUT2D eigenvalue weighted by Gasteiger charge is -2.33. The fraction of sp³-hybridized carbons (Fsp3) is 0.905. The molecular weight excluding hydrogens is 360 g/mol. The molecule has 1 heterocycles. The van der Waals surface area contributed by atoms with Gasteiger partial charge in [0.15, 0.2) is 0 Å². The Labute approximate surface area is 169 Å². The van der Waals surface area contributed by atoms with Crippen molar-refractivity contribution < 1.29 is 14.7 Å². The molecule has 6 heteroatoms. The molecule has 0 radical (unpaired) electrons. The highest BCUT2D eigenvalue weighted by atomic mass is 32.2. The molecule has 1 saturated carbocycles. The second-order valence-corrected chi connectivity index (χ2v) is 11.7. The van der Waals surface area contributed by atoms with Crippen LogP contribution in [0.25, 0.3) is 0 Å². The van der Waals surface area contributed by atoms with Crippen LogP contribution in [-0.4, -0.2) is 51.1 Å². The van der Waals surface area contributed by atoms with Gasteiger partial charge < -0.3 is 15.3 Å². The summed E-state index contributed by atoms with van der Waals surface area (Å²) in [5.41, 5.74) is -0.0188. The van der Waals surface area contributed by atoms with Crippen LogP contribution < -0.4 is 5.32 Å². The Morgan fingerprint density at radius 1 is 1.15 bits per heavy atom. The van der Waals surface area contributed by atoms with Crippen LogP contribution in [0.5, 0.6) is 0 Å². The molecule has 1 saturated heterocycles. The number of amides is 2. The lowest BCUT2D eigenvalue weighted by molar-refractivity contribution is -0.135. The van der Waals surface area contributed by atoms with Crippen LogP contribution in [0.3, 0.4) is 0 Å². The van der Waals surface area contributed by atoms with Gasteiger partial charge in [0.25, 0.3) is 0 Å². The Morgan fingerprint density at radius 2 is 1.74 bits per heavy atom. The molecule has 2 fully saturated rings. The summed E-state index contributed by atoms with van der Waals surface area (Å²) in [4.78, 5) is 26.7. The van der Waals surface area contributed by atoms with Gasteiger partial charge >= 0.3 is 0 Å². The quantitative estimate of drug-likeness (QED) is 0.745. The Kier molecular flexibility index (Phi) is 7.28. The zero-order chi connectivity index (χ0) is 20.4. The van der Waals surface area contributed by atoms with E-state index in [1.807, 2.05) is 20.8 Å². The smallest absolute Gasteiger partial charge is 0.237 e. The summed E-state index contributed by atoms with van der Waals surface area (Å²) in [6, 6.07) is 0. The molecule has 2 rings (SSSR count). The van der Waals surface area contributed by atoms with Crippen molar-refractivity contribution in [3.05, 3.63) is 0 Å². The molecule has 0 aromatic rings. The van der Waals surface area contributed by atoms with E-state index in [9.17, 15) is 14.7 Å². The molecule has 156 valence electrons. The highest BCUT2D eigenvalue weighted by Crippen LogP contribution is 2.35. The Hall–Kier alpha value is -0.750. The highest BCUT2D eigenvalue weighted by molar-refractivity contribution is 8.00. The van der Waals surface area contributed by atoms with Crippen LogP contribution in [0.15, 0.2) is 0 Å². The van der Waals surface area contributed by atoms with E-state index in [-0.39, 0.29) is 33.9 Å². The first-order valence-corrected chi connectivity index (χ1v) is 11.3. The van der Waals surface area contributed by atoms with Gasteiger partial charge in [-0.2, -0.15) is 0 Å². The summed E-state index contributed by atoms with van der Waals surface area (Å²) in [5.74, 6) is 1.61. The van der Waals surface area contributed by atoms with Gasteiger partial charge in [-0.15, -0.1) is 11.8 Å². The first-order valence-electron chi connectivity index (χ1n) is 10.3. The second-order valence-electron chi connectivity index (χ2n) is 10.5. The minimum atomic E-state index is -0.656. The van der Waals surface area contributed by atoms with E-state index in [2.05, 4.69) is 26.1 Å². The Bertz CT molecular complexity index is 531. The first kappa shape index (κ1) is 22.5. The Morgan fingerprint density at radius 3 is 2.26 bits per heavy atom. The number of hydrogen-bond acceptors (Lipinski definition) is 4. The largest absolute Gasteiger partial charge is 0.373 e. The number of likely N-dealkylation sites (tertiary alicyclic amines) is 1. The monoisotopic (exact) mass is 398 g/mol. The number of hydrogen-bond donors (Lipinski definition) is 2.